The first-order chi connectivity index (χ1) is 6.88. The fourth-order valence-corrected chi connectivity index (χ4v) is 3.28. The summed E-state index contributed by atoms with van der Waals surface area (Å²) in [6.45, 7) is 2.93. The molecule has 0 heterocycles. The summed E-state index contributed by atoms with van der Waals surface area (Å²) >= 11 is 0. The van der Waals surface area contributed by atoms with E-state index in [0.717, 1.165) is 0 Å². The highest BCUT2D eigenvalue weighted by atomic mass is 28.3. The van der Waals surface area contributed by atoms with Crippen LogP contribution in [0.25, 0.3) is 0 Å². The van der Waals surface area contributed by atoms with Crippen LogP contribution in [0.4, 0.5) is 0 Å². The maximum absolute atomic E-state index is 10.5. The van der Waals surface area contributed by atoms with E-state index in [0.29, 0.717) is 10.5 Å². The van der Waals surface area contributed by atoms with E-state index in [1.54, 1.807) is 0 Å². The van der Waals surface area contributed by atoms with Crippen LogP contribution in [0.15, 0.2) is 22.5 Å². The molecule has 0 rings (SSSR count). The minimum atomic E-state index is -1.96. The van der Waals surface area contributed by atoms with Crippen molar-refractivity contribution in [2.24, 2.45) is 0 Å². The van der Waals surface area contributed by atoms with Crippen molar-refractivity contribution in [2.45, 2.75) is 13.8 Å². The Kier molecular flexibility index (Phi) is 5.83. The van der Waals surface area contributed by atoms with E-state index in [2.05, 4.69) is 0 Å². The zero-order valence-corrected chi connectivity index (χ0v) is 12.0. The Balaban J connectivity index is 4.80. The summed E-state index contributed by atoms with van der Waals surface area (Å²) < 4.78 is 5.19. The number of carbonyl (C=O) groups is 2. The molecule has 0 aromatic heterocycles. The summed E-state index contributed by atoms with van der Waals surface area (Å²) in [5.74, 6) is -2.01. The van der Waals surface area contributed by atoms with E-state index in [1.165, 1.54) is 25.2 Å². The van der Waals surface area contributed by atoms with Gasteiger partial charge in [0.05, 0.1) is 0 Å². The molecular weight excluding hydrogens is 232 g/mol. The van der Waals surface area contributed by atoms with Gasteiger partial charge in [0.25, 0.3) is 0 Å². The lowest BCUT2D eigenvalue weighted by Crippen LogP contribution is -2.15. The molecule has 0 radical (unpaired) electrons. The lowest BCUT2D eigenvalue weighted by Gasteiger charge is -2.05. The number of aliphatic carboxylic acids is 2. The Labute approximate surface area is 92.3 Å². The highest BCUT2D eigenvalue weighted by molar-refractivity contribution is 6.66. The second-order valence-electron chi connectivity index (χ2n) is 3.01. The van der Waals surface area contributed by atoms with Gasteiger partial charge in [0.15, 0.2) is 0 Å². The Hall–Kier alpha value is -1.19. The van der Waals surface area contributed by atoms with Gasteiger partial charge < -0.3 is 14.3 Å². The van der Waals surface area contributed by atoms with Crippen LogP contribution in [0.3, 0.4) is 0 Å². The molecule has 0 aromatic carbocycles. The van der Waals surface area contributed by atoms with Crippen molar-refractivity contribution in [3.8, 4) is 0 Å². The van der Waals surface area contributed by atoms with Gasteiger partial charge in [-0.05, 0) is 13.8 Å². The quantitative estimate of drug-likeness (QED) is 0.487. The molecule has 0 bridgehead atoms. The molecule has 84 valence electrons. The fraction of sp³-hybridized carbons (Fsp3) is 0.250. The molecule has 0 aromatic rings. The van der Waals surface area contributed by atoms with Crippen molar-refractivity contribution in [1.29, 1.82) is 0 Å². The zero-order chi connectivity index (χ0) is 12.0. The number of hydrogen-bond donors (Lipinski definition) is 2. The predicted molar refractivity (Wildman–Crippen MR) is 61.0 cm³/mol. The first kappa shape index (κ1) is 13.8. The van der Waals surface area contributed by atoms with Gasteiger partial charge in [-0.2, -0.15) is 0 Å². The van der Waals surface area contributed by atoms with Crippen molar-refractivity contribution < 1.29 is 23.9 Å². The van der Waals surface area contributed by atoms with Gasteiger partial charge in [0.1, 0.15) is 10.5 Å². The molecule has 15 heavy (non-hydrogen) atoms. The average Bonchev–Trinajstić information content (AvgIpc) is 2.15. The van der Waals surface area contributed by atoms with Crippen LogP contribution in [-0.2, 0) is 13.7 Å². The SMILES string of the molecule is CC(=C[SiH](C=C(C)C(=O)O)O[SiH3])C(=O)O. The van der Waals surface area contributed by atoms with Crippen LogP contribution in [0.1, 0.15) is 13.8 Å². The van der Waals surface area contributed by atoms with Gasteiger partial charge in [0.2, 0.25) is 9.04 Å². The van der Waals surface area contributed by atoms with Crippen LogP contribution < -0.4 is 0 Å². The summed E-state index contributed by atoms with van der Waals surface area (Å²) in [4.78, 5) is 21.1. The maximum Gasteiger partial charge on any atom is 0.330 e. The number of carboxylic acid groups (broad SMARTS) is 2. The van der Waals surface area contributed by atoms with Crippen LogP contribution in [0.2, 0.25) is 0 Å². The molecular formula is C8H14O5Si2. The number of rotatable bonds is 5. The zero-order valence-electron chi connectivity index (χ0n) is 8.85. The average molecular weight is 246 g/mol. The molecule has 0 amide bonds. The van der Waals surface area contributed by atoms with Crippen molar-refractivity contribution in [3.05, 3.63) is 22.5 Å². The van der Waals surface area contributed by atoms with Crippen molar-refractivity contribution in [1.82, 2.24) is 0 Å². The number of hydrogen-bond acceptors (Lipinski definition) is 3. The van der Waals surface area contributed by atoms with E-state index in [-0.39, 0.29) is 11.1 Å². The van der Waals surface area contributed by atoms with Gasteiger partial charge in [0, 0.05) is 11.1 Å². The van der Waals surface area contributed by atoms with Crippen LogP contribution >= 0.6 is 0 Å². The molecule has 0 saturated carbocycles. The van der Waals surface area contributed by atoms with Crippen LogP contribution in [0, 0.1) is 0 Å². The summed E-state index contributed by atoms with van der Waals surface area (Å²) in [7, 11) is -1.50. The summed E-state index contributed by atoms with van der Waals surface area (Å²) in [6, 6.07) is 0. The van der Waals surface area contributed by atoms with Crippen molar-refractivity contribution in [2.75, 3.05) is 0 Å². The fourth-order valence-electron chi connectivity index (χ4n) is 0.820. The molecule has 0 aliphatic carbocycles. The highest BCUT2D eigenvalue weighted by Gasteiger charge is 2.09. The molecule has 7 heteroatoms. The van der Waals surface area contributed by atoms with Crippen LogP contribution in [-0.4, -0.2) is 41.7 Å². The van der Waals surface area contributed by atoms with Gasteiger partial charge in [-0.15, -0.1) is 0 Å². The van der Waals surface area contributed by atoms with E-state index in [9.17, 15) is 9.59 Å². The van der Waals surface area contributed by atoms with Crippen molar-refractivity contribution in [3.63, 3.8) is 0 Å². The summed E-state index contributed by atoms with van der Waals surface area (Å²) in [5.41, 5.74) is 3.41. The second kappa shape index (κ2) is 6.33. The third kappa shape index (κ3) is 5.30. The lowest BCUT2D eigenvalue weighted by atomic mass is 10.4. The molecule has 0 atom stereocenters. The van der Waals surface area contributed by atoms with E-state index < -0.39 is 21.0 Å². The first-order valence-corrected chi connectivity index (χ1v) is 6.86. The van der Waals surface area contributed by atoms with Crippen LogP contribution in [0.5, 0.6) is 0 Å². The first-order valence-electron chi connectivity index (χ1n) is 4.24. The van der Waals surface area contributed by atoms with E-state index in [1.807, 2.05) is 0 Å². The summed E-state index contributed by atoms with van der Waals surface area (Å²) in [5, 5.41) is 17.3. The Morgan fingerprint density at radius 1 is 1.13 bits per heavy atom. The monoisotopic (exact) mass is 246 g/mol. The van der Waals surface area contributed by atoms with E-state index >= 15 is 0 Å². The van der Waals surface area contributed by atoms with E-state index in [4.69, 9.17) is 14.3 Å². The normalized spacial score (nSPS) is 15.1. The molecule has 0 fully saturated rings. The largest absolute Gasteiger partial charge is 0.478 e. The second-order valence-corrected chi connectivity index (χ2v) is 6.49. The predicted octanol–water partition coefficient (Wildman–Crippen LogP) is -0.853. The third-order valence-corrected chi connectivity index (χ3v) is 5.61. The standard InChI is InChI=1S/C8H14O5Si2/c1-5(7(9)10)3-15(13-14)4-6(2)8(11)12/h3-4,15H,1-2,14H3,(H,9,10)(H,11,12). The highest BCUT2D eigenvalue weighted by Crippen LogP contribution is 2.01. The smallest absolute Gasteiger partial charge is 0.330 e. The van der Waals surface area contributed by atoms with Gasteiger partial charge in [-0.3, -0.25) is 0 Å². The molecule has 0 aliphatic heterocycles. The topological polar surface area (TPSA) is 83.8 Å². The molecule has 0 aliphatic rings. The Bertz CT molecular complexity index is 291. The Morgan fingerprint density at radius 2 is 1.47 bits per heavy atom. The van der Waals surface area contributed by atoms with Crippen molar-refractivity contribution >= 4 is 31.5 Å². The third-order valence-electron chi connectivity index (χ3n) is 1.78. The minimum absolute atomic E-state index is 0.192. The number of carboxylic acids is 2. The molecule has 0 saturated heterocycles. The molecule has 2 N–H and O–H groups in total. The van der Waals surface area contributed by atoms with Gasteiger partial charge >= 0.3 is 11.9 Å². The maximum atomic E-state index is 10.5. The Morgan fingerprint density at radius 3 is 1.67 bits per heavy atom. The van der Waals surface area contributed by atoms with Gasteiger partial charge in [-0.1, -0.05) is 11.4 Å². The summed E-state index contributed by atoms with van der Waals surface area (Å²) in [6.07, 6.45) is 0. The molecule has 0 unspecified atom stereocenters. The van der Waals surface area contributed by atoms with Gasteiger partial charge in [-0.25, -0.2) is 9.59 Å². The lowest BCUT2D eigenvalue weighted by molar-refractivity contribution is -0.133. The minimum Gasteiger partial charge on any atom is -0.478 e. The molecule has 5 nitrogen and oxygen atoms in total. The molecule has 0 spiro atoms.